The largest absolute Gasteiger partial charge is 0.493 e. The van der Waals surface area contributed by atoms with Crippen molar-refractivity contribution in [3.8, 4) is 11.5 Å². The lowest BCUT2D eigenvalue weighted by Gasteiger charge is -2.62. The summed E-state index contributed by atoms with van der Waals surface area (Å²) < 4.78 is 12.6. The second kappa shape index (κ2) is 22.0. The predicted molar refractivity (Wildman–Crippen MR) is 225 cm³/mol. The molecule has 3 N–H and O–H groups in total. The predicted octanol–water partition coefficient (Wildman–Crippen LogP) is 9.92. The summed E-state index contributed by atoms with van der Waals surface area (Å²) in [4.78, 5) is 37.1. The number of aliphatic hydroxyl groups is 1. The number of amides is 2. The van der Waals surface area contributed by atoms with E-state index in [0.29, 0.717) is 61.4 Å². The van der Waals surface area contributed by atoms with Crippen molar-refractivity contribution in [3.63, 3.8) is 0 Å². The molecule has 0 aromatic heterocycles. The van der Waals surface area contributed by atoms with Gasteiger partial charge in [0.1, 0.15) is 17.3 Å². The second-order valence-corrected chi connectivity index (χ2v) is 18.8. The fourth-order valence-corrected chi connectivity index (χ4v) is 11.8. The maximum Gasteiger partial charge on any atom is 0.219 e. The van der Waals surface area contributed by atoms with E-state index >= 15 is 0 Å². The number of ketones is 1. The van der Waals surface area contributed by atoms with Gasteiger partial charge in [-0.15, -0.1) is 0 Å². The molecule has 1 aromatic rings. The number of carbonyl (C=O) groups excluding carboxylic acids is 3. The van der Waals surface area contributed by atoms with E-state index in [1.54, 1.807) is 0 Å². The van der Waals surface area contributed by atoms with Crippen molar-refractivity contribution in [1.29, 1.82) is 0 Å². The number of benzene rings is 1. The highest BCUT2D eigenvalue weighted by atomic mass is 16.5. The van der Waals surface area contributed by atoms with Crippen LogP contribution in [0.2, 0.25) is 0 Å². The smallest absolute Gasteiger partial charge is 0.219 e. The Balaban J connectivity index is 1.19. The van der Waals surface area contributed by atoms with Crippen LogP contribution in [0.5, 0.6) is 11.5 Å². The molecular weight excluding hydrogens is 701 g/mol. The van der Waals surface area contributed by atoms with E-state index in [9.17, 15) is 19.5 Å². The van der Waals surface area contributed by atoms with E-state index in [0.717, 1.165) is 147 Å². The Labute approximate surface area is 339 Å². The number of unbranched alkanes of at least 4 members (excludes halogenated alkanes) is 6. The van der Waals surface area contributed by atoms with Gasteiger partial charge in [-0.2, -0.15) is 0 Å². The minimum Gasteiger partial charge on any atom is -0.493 e. The number of rotatable bonds is 24. The number of Topliss-reactive ketones (excluding diaryl/α,β-unsaturated/α-hetero) is 1. The summed E-state index contributed by atoms with van der Waals surface area (Å²) in [7, 11) is 0. The van der Waals surface area contributed by atoms with Gasteiger partial charge in [0.25, 0.3) is 0 Å². The van der Waals surface area contributed by atoms with E-state index in [4.69, 9.17) is 9.47 Å². The fourth-order valence-electron chi connectivity index (χ4n) is 11.8. The summed E-state index contributed by atoms with van der Waals surface area (Å²) in [5.41, 5.74) is 1.43. The molecule has 4 saturated carbocycles. The highest BCUT2D eigenvalue weighted by molar-refractivity contribution is 5.79. The zero-order valence-corrected chi connectivity index (χ0v) is 35.8. The molecule has 316 valence electrons. The number of hydrogen-bond donors (Lipinski definition) is 3. The molecule has 0 saturated heterocycles. The van der Waals surface area contributed by atoms with Crippen LogP contribution in [0.25, 0.3) is 0 Å². The Kier molecular flexibility index (Phi) is 17.4. The summed E-state index contributed by atoms with van der Waals surface area (Å²) in [6, 6.07) is 6.33. The highest BCUT2D eigenvalue weighted by Gasteiger charge is 2.62. The number of ether oxygens (including phenoxy) is 2. The molecule has 2 amide bonds. The van der Waals surface area contributed by atoms with Gasteiger partial charge in [0.05, 0.1) is 19.3 Å². The van der Waals surface area contributed by atoms with Crippen LogP contribution in [0.1, 0.15) is 175 Å². The molecule has 56 heavy (non-hydrogen) atoms. The standard InChI is InChI=1S/C48H78N2O6/c1-5-7-11-26-49-44(53)18-9-13-28-55-39-30-35(31-40(33-39)56-29-14-10-19-45(54)50-27-12-8-6-2)16-15-17-36-34-48(4)42(22-23-43(48)52)41-21-20-37-32-38(51)24-25-47(37,3)46(36)41/h30-31,33,36-37,41-43,46,52H,5-29,32,34H2,1-4H3,(H,49,53)(H,50,54)/t36-,37?,41-,42-,43-,46-,47-,48-/m0/s1. The molecule has 0 heterocycles. The molecule has 1 unspecified atom stereocenters. The minimum atomic E-state index is -0.205. The van der Waals surface area contributed by atoms with Crippen LogP contribution in [0.4, 0.5) is 0 Å². The number of fused-ring (bicyclic) bond motifs is 5. The lowest BCUT2D eigenvalue weighted by atomic mass is 9.42. The molecule has 0 bridgehead atoms. The number of carbonyl (C=O) groups is 3. The Bertz CT molecular complexity index is 1350. The number of aryl methyl sites for hydroxylation is 1. The van der Waals surface area contributed by atoms with Gasteiger partial charge >= 0.3 is 0 Å². The van der Waals surface area contributed by atoms with Gasteiger partial charge in [0.2, 0.25) is 11.8 Å². The molecule has 4 aliphatic rings. The summed E-state index contributed by atoms with van der Waals surface area (Å²) in [6.07, 6.45) is 21.9. The Hall–Kier alpha value is -2.61. The lowest BCUT2D eigenvalue weighted by Crippen LogP contribution is -2.57. The van der Waals surface area contributed by atoms with E-state index in [-0.39, 0.29) is 28.7 Å². The third-order valence-electron chi connectivity index (χ3n) is 14.8. The zero-order chi connectivity index (χ0) is 40.0. The van der Waals surface area contributed by atoms with Crippen LogP contribution < -0.4 is 20.1 Å². The molecular formula is C48H78N2O6. The van der Waals surface area contributed by atoms with Gasteiger partial charge in [-0.3, -0.25) is 14.4 Å². The van der Waals surface area contributed by atoms with Crippen LogP contribution in [-0.2, 0) is 20.8 Å². The molecule has 5 rings (SSSR count). The molecule has 8 heteroatoms. The molecule has 8 nitrogen and oxygen atoms in total. The first-order valence-electron chi connectivity index (χ1n) is 23.2. The third kappa shape index (κ3) is 12.0. The highest BCUT2D eigenvalue weighted by Crippen LogP contribution is 2.68. The summed E-state index contributed by atoms with van der Waals surface area (Å²) >= 11 is 0. The first kappa shape index (κ1) is 44.5. The molecule has 8 atom stereocenters. The SMILES string of the molecule is CCCCCNC(=O)CCCCOc1cc(CCC[C@H]2C[C@]3(C)[C@@H](O)CC[C@H]3[C@@H]3CCC4CC(=O)CC[C@]4(C)[C@@H]23)cc(OCCCCC(=O)NCCCCC)c1. The van der Waals surface area contributed by atoms with Crippen LogP contribution in [0, 0.1) is 40.4 Å². The third-order valence-corrected chi connectivity index (χ3v) is 14.8. The van der Waals surface area contributed by atoms with Crippen LogP contribution in [0.15, 0.2) is 18.2 Å². The van der Waals surface area contributed by atoms with Crippen molar-refractivity contribution in [2.24, 2.45) is 40.4 Å². The summed E-state index contributed by atoms with van der Waals surface area (Å²) in [6.45, 7) is 11.9. The van der Waals surface area contributed by atoms with Gasteiger partial charge in [0, 0.05) is 44.8 Å². The van der Waals surface area contributed by atoms with Crippen molar-refractivity contribution in [2.75, 3.05) is 26.3 Å². The quantitative estimate of drug-likeness (QED) is 0.0901. The van der Waals surface area contributed by atoms with Crippen molar-refractivity contribution in [1.82, 2.24) is 10.6 Å². The van der Waals surface area contributed by atoms with Gasteiger partial charge in [-0.25, -0.2) is 0 Å². The van der Waals surface area contributed by atoms with Crippen molar-refractivity contribution >= 4 is 17.6 Å². The molecule has 0 radical (unpaired) electrons. The summed E-state index contributed by atoms with van der Waals surface area (Å²) in [5, 5.41) is 17.4. The van der Waals surface area contributed by atoms with Gasteiger partial charge < -0.3 is 25.2 Å². The molecule has 0 spiro atoms. The van der Waals surface area contributed by atoms with E-state index in [1.807, 2.05) is 6.07 Å². The Morgan fingerprint density at radius 2 is 1.39 bits per heavy atom. The van der Waals surface area contributed by atoms with Crippen molar-refractivity contribution in [3.05, 3.63) is 23.8 Å². The molecule has 4 fully saturated rings. The van der Waals surface area contributed by atoms with E-state index in [2.05, 4.69) is 50.5 Å². The van der Waals surface area contributed by atoms with E-state index < -0.39 is 0 Å². The summed E-state index contributed by atoms with van der Waals surface area (Å²) in [5.74, 6) is 5.28. The monoisotopic (exact) mass is 779 g/mol. The van der Waals surface area contributed by atoms with E-state index in [1.165, 1.54) is 18.4 Å². The maximum absolute atomic E-state index is 12.6. The van der Waals surface area contributed by atoms with Crippen LogP contribution >= 0.6 is 0 Å². The van der Waals surface area contributed by atoms with Crippen molar-refractivity contribution < 1.29 is 29.0 Å². The average molecular weight is 779 g/mol. The second-order valence-electron chi connectivity index (χ2n) is 18.8. The molecule has 4 aliphatic carbocycles. The fraction of sp³-hybridized carbons (Fsp3) is 0.812. The number of aliphatic hydroxyl groups excluding tert-OH is 1. The maximum atomic E-state index is 12.6. The zero-order valence-electron chi connectivity index (χ0n) is 35.8. The number of nitrogens with one attached hydrogen (secondary N) is 2. The first-order chi connectivity index (χ1) is 27.1. The van der Waals surface area contributed by atoms with Crippen LogP contribution in [0.3, 0.4) is 0 Å². The van der Waals surface area contributed by atoms with Gasteiger partial charge in [0.15, 0.2) is 0 Å². The molecule has 0 aliphatic heterocycles. The Morgan fingerprint density at radius 1 is 0.768 bits per heavy atom. The normalized spacial score (nSPS) is 29.6. The molecule has 1 aromatic carbocycles. The van der Waals surface area contributed by atoms with Gasteiger partial charge in [-0.05, 0) is 154 Å². The van der Waals surface area contributed by atoms with Crippen molar-refractivity contribution in [2.45, 2.75) is 181 Å². The number of hydrogen-bond acceptors (Lipinski definition) is 6. The first-order valence-corrected chi connectivity index (χ1v) is 23.2. The lowest BCUT2D eigenvalue weighted by molar-refractivity contribution is -0.159. The van der Waals surface area contributed by atoms with Gasteiger partial charge in [-0.1, -0.05) is 53.4 Å². The Morgan fingerprint density at radius 3 is 2.00 bits per heavy atom. The van der Waals surface area contributed by atoms with Crippen LogP contribution in [-0.4, -0.2) is 55.1 Å². The topological polar surface area (TPSA) is 114 Å². The average Bonchev–Trinajstić information content (AvgIpc) is 3.48. The minimum absolute atomic E-state index is 0.000260.